The number of methoxy groups -OCH3 is 1. The van der Waals surface area contributed by atoms with Crippen LogP contribution in [0.1, 0.15) is 18.1 Å². The van der Waals surface area contributed by atoms with E-state index in [0.29, 0.717) is 23.7 Å². The molecular formula is C19H15ClN2O6. The molecule has 0 saturated heterocycles. The maximum Gasteiger partial charge on any atom is 0.363 e. The first-order valence-electron chi connectivity index (χ1n) is 8.20. The maximum atomic E-state index is 12.2. The van der Waals surface area contributed by atoms with Gasteiger partial charge in [-0.1, -0.05) is 17.7 Å². The summed E-state index contributed by atoms with van der Waals surface area (Å²) in [5, 5.41) is 11.0. The van der Waals surface area contributed by atoms with Gasteiger partial charge in [-0.25, -0.2) is 9.79 Å². The topological polar surface area (TPSA) is 100 Å². The third-order valence-corrected chi connectivity index (χ3v) is 4.12. The Morgan fingerprint density at radius 2 is 2.04 bits per heavy atom. The van der Waals surface area contributed by atoms with Crippen LogP contribution in [-0.2, 0) is 9.53 Å². The highest BCUT2D eigenvalue weighted by atomic mass is 35.5. The number of nitrogens with zero attached hydrogens (tertiary/aromatic N) is 2. The largest absolute Gasteiger partial charge is 0.493 e. The van der Waals surface area contributed by atoms with E-state index in [-0.39, 0.29) is 27.9 Å². The summed E-state index contributed by atoms with van der Waals surface area (Å²) in [6, 6.07) is 9.21. The molecule has 2 aromatic rings. The van der Waals surface area contributed by atoms with Crippen molar-refractivity contribution in [1.29, 1.82) is 0 Å². The van der Waals surface area contributed by atoms with Crippen LogP contribution in [0.15, 0.2) is 47.1 Å². The molecule has 8 nitrogen and oxygen atoms in total. The van der Waals surface area contributed by atoms with Crippen LogP contribution in [0.3, 0.4) is 0 Å². The normalized spacial score (nSPS) is 14.6. The van der Waals surface area contributed by atoms with Crippen molar-refractivity contribution in [3.05, 3.63) is 68.4 Å². The lowest BCUT2D eigenvalue weighted by Crippen LogP contribution is -2.06. The van der Waals surface area contributed by atoms with Crippen LogP contribution in [0.2, 0.25) is 5.02 Å². The molecule has 0 unspecified atom stereocenters. The van der Waals surface area contributed by atoms with E-state index in [0.717, 1.165) is 0 Å². The number of nitro benzene ring substituents is 1. The number of hydrogen-bond acceptors (Lipinski definition) is 7. The van der Waals surface area contributed by atoms with Crippen LogP contribution in [0.25, 0.3) is 6.08 Å². The van der Waals surface area contributed by atoms with E-state index >= 15 is 0 Å². The van der Waals surface area contributed by atoms with E-state index in [2.05, 4.69) is 4.99 Å². The number of carbonyl (C=O) groups excluding carboxylic acids is 1. The Hall–Kier alpha value is -3.39. The molecule has 0 N–H and O–H groups in total. The van der Waals surface area contributed by atoms with Gasteiger partial charge in [-0.2, -0.15) is 0 Å². The third kappa shape index (κ3) is 3.96. The van der Waals surface area contributed by atoms with Crippen LogP contribution < -0.4 is 9.47 Å². The fourth-order valence-corrected chi connectivity index (χ4v) is 2.71. The van der Waals surface area contributed by atoms with Gasteiger partial charge in [0.1, 0.15) is 5.02 Å². The zero-order valence-electron chi connectivity index (χ0n) is 15.0. The molecule has 0 amide bonds. The smallest absolute Gasteiger partial charge is 0.363 e. The summed E-state index contributed by atoms with van der Waals surface area (Å²) in [7, 11) is 1.53. The average molecular weight is 403 g/mol. The fourth-order valence-electron chi connectivity index (χ4n) is 2.53. The van der Waals surface area contributed by atoms with Crippen LogP contribution in [0.5, 0.6) is 11.5 Å². The molecule has 0 aliphatic carbocycles. The molecule has 0 atom stereocenters. The van der Waals surface area contributed by atoms with Crippen molar-refractivity contribution < 1.29 is 23.9 Å². The molecule has 28 heavy (non-hydrogen) atoms. The van der Waals surface area contributed by atoms with Crippen LogP contribution in [0, 0.1) is 10.1 Å². The summed E-state index contributed by atoms with van der Waals surface area (Å²) in [6.07, 6.45) is 1.53. The van der Waals surface area contributed by atoms with E-state index in [1.54, 1.807) is 18.2 Å². The van der Waals surface area contributed by atoms with Gasteiger partial charge in [0.25, 0.3) is 5.69 Å². The number of halogens is 1. The molecule has 1 aliphatic heterocycles. The molecule has 1 aliphatic rings. The van der Waals surface area contributed by atoms with Gasteiger partial charge >= 0.3 is 5.97 Å². The minimum absolute atomic E-state index is 0.0175. The quantitative estimate of drug-likeness (QED) is 0.313. The maximum absolute atomic E-state index is 12.2. The van der Waals surface area contributed by atoms with Crippen molar-refractivity contribution in [1.82, 2.24) is 0 Å². The van der Waals surface area contributed by atoms with Crippen LogP contribution in [0.4, 0.5) is 5.69 Å². The number of esters is 1. The number of rotatable bonds is 6. The van der Waals surface area contributed by atoms with Gasteiger partial charge < -0.3 is 14.2 Å². The summed E-state index contributed by atoms with van der Waals surface area (Å²) >= 11 is 5.80. The van der Waals surface area contributed by atoms with Crippen molar-refractivity contribution >= 4 is 35.2 Å². The number of nitro groups is 1. The molecule has 9 heteroatoms. The van der Waals surface area contributed by atoms with Crippen molar-refractivity contribution in [3.63, 3.8) is 0 Å². The highest BCUT2D eigenvalue weighted by molar-refractivity contribution is 6.32. The van der Waals surface area contributed by atoms with Crippen LogP contribution in [-0.4, -0.2) is 30.5 Å². The first-order valence-corrected chi connectivity index (χ1v) is 8.58. The highest BCUT2D eigenvalue weighted by Crippen LogP contribution is 2.30. The lowest BCUT2D eigenvalue weighted by molar-refractivity contribution is -0.384. The number of ether oxygens (including phenoxy) is 3. The molecule has 0 spiro atoms. The Bertz CT molecular complexity index is 1020. The first-order chi connectivity index (χ1) is 13.4. The molecule has 1 heterocycles. The summed E-state index contributed by atoms with van der Waals surface area (Å²) in [5.74, 6) is 0.398. The molecular weight excluding hydrogens is 388 g/mol. The average Bonchev–Trinajstić information content (AvgIpc) is 3.03. The standard InChI is InChI=1S/C19H15ClN2O6/c1-3-27-17-9-11(4-7-16(17)26-2)8-14-19(23)28-18(21-14)12-5-6-13(20)15(10-12)22(24)25/h4-10H,3H2,1-2H3/b14-8-. The van der Waals surface area contributed by atoms with Gasteiger partial charge in [-0.3, -0.25) is 10.1 Å². The van der Waals surface area contributed by atoms with Gasteiger partial charge in [-0.15, -0.1) is 0 Å². The Morgan fingerprint density at radius 3 is 2.71 bits per heavy atom. The fraction of sp³-hybridized carbons (Fsp3) is 0.158. The number of aliphatic imine (C=N–C) groups is 1. The number of hydrogen-bond donors (Lipinski definition) is 0. The Morgan fingerprint density at radius 1 is 1.25 bits per heavy atom. The number of carbonyl (C=O) groups is 1. The summed E-state index contributed by atoms with van der Waals surface area (Å²) < 4.78 is 15.9. The molecule has 144 valence electrons. The molecule has 0 aromatic heterocycles. The number of benzene rings is 2. The Kier molecular flexibility index (Phi) is 5.60. The molecule has 0 radical (unpaired) electrons. The lowest BCUT2D eigenvalue weighted by atomic mass is 10.1. The zero-order valence-corrected chi connectivity index (χ0v) is 15.7. The second-order valence-electron chi connectivity index (χ2n) is 5.60. The first kappa shape index (κ1) is 19.4. The summed E-state index contributed by atoms with van der Waals surface area (Å²) in [4.78, 5) is 26.7. The Balaban J connectivity index is 1.95. The molecule has 2 aromatic carbocycles. The van der Waals surface area contributed by atoms with Gasteiger partial charge in [0.15, 0.2) is 17.2 Å². The Labute approximate surface area is 165 Å². The monoisotopic (exact) mass is 402 g/mol. The number of cyclic esters (lactones) is 1. The third-order valence-electron chi connectivity index (χ3n) is 3.80. The van der Waals surface area contributed by atoms with E-state index in [1.807, 2.05) is 6.92 Å². The zero-order chi connectivity index (χ0) is 20.3. The van der Waals surface area contributed by atoms with Gasteiger partial charge in [0.05, 0.1) is 18.6 Å². The SMILES string of the molecule is CCOc1cc(/C=C2\N=C(c3ccc(Cl)c([N+](=O)[O-])c3)OC2=O)ccc1OC. The molecule has 0 bridgehead atoms. The minimum Gasteiger partial charge on any atom is -0.493 e. The van der Waals surface area contributed by atoms with E-state index in [9.17, 15) is 14.9 Å². The van der Waals surface area contributed by atoms with Gasteiger partial charge in [-0.05, 0) is 42.8 Å². The second-order valence-corrected chi connectivity index (χ2v) is 6.01. The molecule has 0 saturated carbocycles. The van der Waals surface area contributed by atoms with Crippen molar-refractivity contribution in [2.75, 3.05) is 13.7 Å². The minimum atomic E-state index is -0.665. The van der Waals surface area contributed by atoms with Crippen LogP contribution >= 0.6 is 11.6 Å². The van der Waals surface area contributed by atoms with E-state index < -0.39 is 10.9 Å². The van der Waals surface area contributed by atoms with Gasteiger partial charge in [0, 0.05) is 11.6 Å². The summed E-state index contributed by atoms with van der Waals surface area (Å²) in [5.41, 5.74) is 0.688. The highest BCUT2D eigenvalue weighted by Gasteiger charge is 2.26. The van der Waals surface area contributed by atoms with Crippen molar-refractivity contribution in [2.45, 2.75) is 6.92 Å². The van der Waals surface area contributed by atoms with E-state index in [1.165, 1.54) is 31.4 Å². The molecule has 0 fully saturated rings. The van der Waals surface area contributed by atoms with Crippen molar-refractivity contribution in [2.24, 2.45) is 4.99 Å². The summed E-state index contributed by atoms with van der Waals surface area (Å²) in [6.45, 7) is 2.30. The van der Waals surface area contributed by atoms with E-state index in [4.69, 9.17) is 25.8 Å². The second kappa shape index (κ2) is 8.10. The predicted octanol–water partition coefficient (Wildman–Crippen LogP) is 4.00. The predicted molar refractivity (Wildman–Crippen MR) is 103 cm³/mol. The molecule has 3 rings (SSSR count). The van der Waals surface area contributed by atoms with Crippen molar-refractivity contribution in [3.8, 4) is 11.5 Å². The van der Waals surface area contributed by atoms with Gasteiger partial charge in [0.2, 0.25) is 5.90 Å². The lowest BCUT2D eigenvalue weighted by Gasteiger charge is -2.09.